The van der Waals surface area contributed by atoms with Crippen LogP contribution in [0.1, 0.15) is 37.7 Å². The number of aromatic carboxylic acids is 1. The Kier molecular flexibility index (Phi) is 5.14. The van der Waals surface area contributed by atoms with Crippen LogP contribution in [0.5, 0.6) is 0 Å². The fourth-order valence-corrected chi connectivity index (χ4v) is 2.75. The van der Waals surface area contributed by atoms with Crippen LogP contribution < -0.4 is 5.32 Å². The fraction of sp³-hybridized carbons (Fsp3) is 0.222. The second-order valence-corrected chi connectivity index (χ2v) is 6.35. The van der Waals surface area contributed by atoms with Crippen molar-refractivity contribution in [3.05, 3.63) is 64.6 Å². The van der Waals surface area contributed by atoms with Crippen LogP contribution >= 0.6 is 0 Å². The number of carbonyl (C=O) groups excluding carboxylic acids is 1. The molecule has 0 unspecified atom stereocenters. The zero-order valence-electron chi connectivity index (χ0n) is 15.4. The lowest BCUT2D eigenvalue weighted by Crippen LogP contribution is -2.16. The highest BCUT2D eigenvalue weighted by molar-refractivity contribution is 6.09. The third-order valence-corrected chi connectivity index (χ3v) is 4.09. The van der Waals surface area contributed by atoms with Gasteiger partial charge in [-0.05, 0) is 24.6 Å². The SMILES string of the molecule is Cc1cc(NC(=O)c2cn(C)nc2C(=O)O)nn1Cc1cccc(C(F)(F)F)c1. The molecule has 29 heavy (non-hydrogen) atoms. The average molecular weight is 407 g/mol. The minimum atomic E-state index is -4.44. The molecule has 0 aliphatic heterocycles. The number of nitrogens with zero attached hydrogens (tertiary/aromatic N) is 4. The maximum atomic E-state index is 12.9. The van der Waals surface area contributed by atoms with Crippen molar-refractivity contribution >= 4 is 17.7 Å². The summed E-state index contributed by atoms with van der Waals surface area (Å²) in [4.78, 5) is 23.6. The molecule has 11 heteroatoms. The Balaban J connectivity index is 1.79. The van der Waals surface area contributed by atoms with Crippen LogP contribution in [0.3, 0.4) is 0 Å². The van der Waals surface area contributed by atoms with Gasteiger partial charge in [-0.1, -0.05) is 12.1 Å². The van der Waals surface area contributed by atoms with E-state index in [1.165, 1.54) is 34.7 Å². The Morgan fingerprint density at radius 3 is 2.59 bits per heavy atom. The minimum Gasteiger partial charge on any atom is -0.476 e. The molecule has 1 amide bonds. The number of anilines is 1. The molecule has 0 fully saturated rings. The average Bonchev–Trinajstić information content (AvgIpc) is 3.17. The van der Waals surface area contributed by atoms with Gasteiger partial charge in [0.2, 0.25) is 0 Å². The van der Waals surface area contributed by atoms with Gasteiger partial charge in [0.15, 0.2) is 11.5 Å². The van der Waals surface area contributed by atoms with Crippen LogP contribution in [0.25, 0.3) is 0 Å². The maximum absolute atomic E-state index is 12.9. The first kappa shape index (κ1) is 20.1. The Labute approximate surface area is 162 Å². The Morgan fingerprint density at radius 1 is 1.21 bits per heavy atom. The predicted molar refractivity (Wildman–Crippen MR) is 95.6 cm³/mol. The summed E-state index contributed by atoms with van der Waals surface area (Å²) in [5.41, 5.74) is -0.298. The van der Waals surface area contributed by atoms with Crippen molar-refractivity contribution in [2.45, 2.75) is 19.6 Å². The van der Waals surface area contributed by atoms with E-state index >= 15 is 0 Å². The van der Waals surface area contributed by atoms with Crippen LogP contribution in [0.15, 0.2) is 36.5 Å². The molecule has 0 radical (unpaired) electrons. The number of aromatic nitrogens is 4. The lowest BCUT2D eigenvalue weighted by atomic mass is 10.1. The van der Waals surface area contributed by atoms with Crippen LogP contribution in [-0.2, 0) is 19.8 Å². The van der Waals surface area contributed by atoms with Gasteiger partial charge in [-0.3, -0.25) is 14.2 Å². The zero-order chi connectivity index (χ0) is 21.3. The summed E-state index contributed by atoms with van der Waals surface area (Å²) in [6.07, 6.45) is -3.18. The van der Waals surface area contributed by atoms with E-state index in [-0.39, 0.29) is 17.9 Å². The molecule has 0 atom stereocenters. The molecule has 0 spiro atoms. The molecular formula is C18H16F3N5O3. The molecule has 0 saturated heterocycles. The summed E-state index contributed by atoms with van der Waals surface area (Å²) in [7, 11) is 1.48. The molecule has 1 aromatic carbocycles. The summed E-state index contributed by atoms with van der Waals surface area (Å²) < 4.78 is 41.2. The maximum Gasteiger partial charge on any atom is 0.416 e. The number of carboxylic acid groups (broad SMARTS) is 1. The van der Waals surface area contributed by atoms with Gasteiger partial charge in [0.25, 0.3) is 5.91 Å². The summed E-state index contributed by atoms with van der Waals surface area (Å²) in [6.45, 7) is 1.75. The quantitative estimate of drug-likeness (QED) is 0.677. The van der Waals surface area contributed by atoms with Gasteiger partial charge in [-0.2, -0.15) is 23.4 Å². The van der Waals surface area contributed by atoms with E-state index in [0.29, 0.717) is 11.3 Å². The molecule has 0 aliphatic carbocycles. The molecule has 3 rings (SSSR count). The number of aryl methyl sites for hydroxylation is 2. The van der Waals surface area contributed by atoms with E-state index in [4.69, 9.17) is 5.11 Å². The van der Waals surface area contributed by atoms with Crippen molar-refractivity contribution in [3.63, 3.8) is 0 Å². The first-order chi connectivity index (χ1) is 13.5. The largest absolute Gasteiger partial charge is 0.476 e. The van der Waals surface area contributed by atoms with Gasteiger partial charge in [0.05, 0.1) is 17.7 Å². The number of amides is 1. The number of hydrogen-bond acceptors (Lipinski definition) is 4. The molecule has 152 valence electrons. The van der Waals surface area contributed by atoms with E-state index < -0.39 is 29.3 Å². The van der Waals surface area contributed by atoms with Gasteiger partial charge < -0.3 is 10.4 Å². The van der Waals surface area contributed by atoms with Crippen LogP contribution in [0.4, 0.5) is 19.0 Å². The number of hydrogen-bond donors (Lipinski definition) is 2. The van der Waals surface area contributed by atoms with E-state index in [1.807, 2.05) is 0 Å². The molecule has 2 heterocycles. The van der Waals surface area contributed by atoms with Crippen molar-refractivity contribution in [1.82, 2.24) is 19.6 Å². The molecule has 8 nitrogen and oxygen atoms in total. The zero-order valence-corrected chi connectivity index (χ0v) is 15.4. The van der Waals surface area contributed by atoms with Crippen molar-refractivity contribution in [2.24, 2.45) is 7.05 Å². The van der Waals surface area contributed by atoms with Crippen molar-refractivity contribution in [3.8, 4) is 0 Å². The summed E-state index contributed by atoms with van der Waals surface area (Å²) in [5, 5.41) is 19.5. The molecule has 0 saturated carbocycles. The Morgan fingerprint density at radius 2 is 1.93 bits per heavy atom. The van der Waals surface area contributed by atoms with Gasteiger partial charge >= 0.3 is 12.1 Å². The van der Waals surface area contributed by atoms with Crippen LogP contribution in [0.2, 0.25) is 0 Å². The fourth-order valence-electron chi connectivity index (χ4n) is 2.75. The van der Waals surface area contributed by atoms with Crippen molar-refractivity contribution < 1.29 is 27.9 Å². The molecule has 3 aromatic rings. The second kappa shape index (κ2) is 7.41. The lowest BCUT2D eigenvalue weighted by Gasteiger charge is -2.09. The minimum absolute atomic E-state index is 0.0683. The number of carboxylic acids is 1. The van der Waals surface area contributed by atoms with E-state index in [2.05, 4.69) is 15.5 Å². The van der Waals surface area contributed by atoms with E-state index in [0.717, 1.165) is 12.1 Å². The van der Waals surface area contributed by atoms with Gasteiger partial charge in [-0.25, -0.2) is 4.79 Å². The Bertz CT molecular complexity index is 1080. The monoisotopic (exact) mass is 407 g/mol. The van der Waals surface area contributed by atoms with Crippen molar-refractivity contribution in [2.75, 3.05) is 5.32 Å². The highest BCUT2D eigenvalue weighted by atomic mass is 19.4. The third kappa shape index (κ3) is 4.45. The number of alkyl halides is 3. The third-order valence-electron chi connectivity index (χ3n) is 4.09. The first-order valence-corrected chi connectivity index (χ1v) is 8.33. The van der Waals surface area contributed by atoms with Gasteiger partial charge in [0.1, 0.15) is 0 Å². The highest BCUT2D eigenvalue weighted by Gasteiger charge is 2.30. The van der Waals surface area contributed by atoms with Crippen LogP contribution in [0, 0.1) is 6.92 Å². The summed E-state index contributed by atoms with van der Waals surface area (Å²) >= 11 is 0. The van der Waals surface area contributed by atoms with E-state index in [9.17, 15) is 22.8 Å². The predicted octanol–water partition coefficient (Wildman–Crippen LogP) is 2.94. The topological polar surface area (TPSA) is 102 Å². The lowest BCUT2D eigenvalue weighted by molar-refractivity contribution is -0.137. The first-order valence-electron chi connectivity index (χ1n) is 8.33. The number of benzene rings is 1. The highest BCUT2D eigenvalue weighted by Crippen LogP contribution is 2.29. The number of carbonyl (C=O) groups is 2. The Hall–Kier alpha value is -3.63. The molecule has 2 aromatic heterocycles. The van der Waals surface area contributed by atoms with Crippen LogP contribution in [-0.4, -0.2) is 36.5 Å². The summed E-state index contributed by atoms with van der Waals surface area (Å²) in [6, 6.07) is 6.41. The molecule has 2 N–H and O–H groups in total. The van der Waals surface area contributed by atoms with Gasteiger partial charge in [-0.15, -0.1) is 0 Å². The standard InChI is InChI=1S/C18H16F3N5O3/c1-10-6-14(22-16(27)13-9-25(2)24-15(13)17(28)29)23-26(10)8-11-4-3-5-12(7-11)18(19,20)21/h3-7,9H,8H2,1-2H3,(H,28,29)(H,22,23,27). The number of nitrogens with one attached hydrogen (secondary N) is 1. The molecule has 0 bridgehead atoms. The molecular weight excluding hydrogens is 391 g/mol. The molecule has 0 aliphatic rings. The van der Waals surface area contributed by atoms with Crippen molar-refractivity contribution in [1.29, 1.82) is 0 Å². The normalized spacial score (nSPS) is 11.5. The smallest absolute Gasteiger partial charge is 0.416 e. The number of rotatable bonds is 5. The number of halogens is 3. The van der Waals surface area contributed by atoms with Gasteiger partial charge in [0, 0.05) is 25.0 Å². The second-order valence-electron chi connectivity index (χ2n) is 6.35. The summed E-state index contributed by atoms with van der Waals surface area (Å²) in [5.74, 6) is -1.92. The van der Waals surface area contributed by atoms with E-state index in [1.54, 1.807) is 13.0 Å².